The van der Waals surface area contributed by atoms with Crippen molar-refractivity contribution in [2.24, 2.45) is 11.5 Å². The van der Waals surface area contributed by atoms with E-state index in [1.165, 1.54) is 18.2 Å². The quantitative estimate of drug-likeness (QED) is 0.420. The number of nitrogens with two attached hydrogens (primary N) is 2. The molecule has 0 saturated heterocycles. The van der Waals surface area contributed by atoms with Crippen LogP contribution in [0.5, 0.6) is 5.75 Å². The summed E-state index contributed by atoms with van der Waals surface area (Å²) >= 11 is 0. The number of hydrogen-bond donors (Lipinski definition) is 2. The molecule has 1 saturated carbocycles. The van der Waals surface area contributed by atoms with Gasteiger partial charge in [-0.3, -0.25) is 4.79 Å². The summed E-state index contributed by atoms with van der Waals surface area (Å²) in [5.74, 6) is 0.687. The highest BCUT2D eigenvalue weighted by Gasteiger charge is 2.37. The fourth-order valence-electron chi connectivity index (χ4n) is 5.33. The average molecular weight is 491 g/mol. The molecule has 3 heterocycles. The number of alkyl halides is 2. The first kappa shape index (κ1) is 22.5. The second-order valence-electron chi connectivity index (χ2n) is 9.42. The van der Waals surface area contributed by atoms with Gasteiger partial charge in [-0.2, -0.15) is 8.78 Å². The lowest BCUT2D eigenvalue weighted by molar-refractivity contribution is -0.0507. The number of carbonyl (C=O) groups is 1. The highest BCUT2D eigenvalue weighted by Crippen LogP contribution is 2.42. The number of aromatic nitrogens is 4. The number of halogens is 2. The highest BCUT2D eigenvalue weighted by molar-refractivity contribution is 5.95. The Morgan fingerprint density at radius 3 is 2.58 bits per heavy atom. The Morgan fingerprint density at radius 1 is 1.14 bits per heavy atom. The Morgan fingerprint density at radius 2 is 1.92 bits per heavy atom. The average Bonchev–Trinajstić information content (AvgIpc) is 3.41. The van der Waals surface area contributed by atoms with E-state index in [0.717, 1.165) is 47.2 Å². The molecule has 0 spiro atoms. The first-order valence-electron chi connectivity index (χ1n) is 11.8. The number of aryl methyl sites for hydroxylation is 1. The molecule has 0 bridgehead atoms. The van der Waals surface area contributed by atoms with Crippen LogP contribution < -0.4 is 16.2 Å². The zero-order chi connectivity index (χ0) is 25.0. The number of fused-ring (bicyclic) bond motifs is 3. The number of carbonyl (C=O) groups excluding carboxylic acids is 1. The first-order chi connectivity index (χ1) is 17.3. The van der Waals surface area contributed by atoms with E-state index >= 15 is 0 Å². The molecule has 1 fully saturated rings. The molecule has 0 radical (unpaired) electrons. The molecule has 184 valence electrons. The van der Waals surface area contributed by atoms with Crippen molar-refractivity contribution >= 4 is 16.9 Å². The second-order valence-corrected chi connectivity index (χ2v) is 9.42. The number of primary amides is 1. The van der Waals surface area contributed by atoms with Crippen molar-refractivity contribution in [3.63, 3.8) is 0 Å². The van der Waals surface area contributed by atoms with Crippen molar-refractivity contribution in [2.75, 3.05) is 0 Å². The smallest absolute Gasteiger partial charge is 0.387 e. The van der Waals surface area contributed by atoms with Crippen molar-refractivity contribution in [1.82, 2.24) is 19.5 Å². The van der Waals surface area contributed by atoms with Crippen LogP contribution in [0.3, 0.4) is 0 Å². The molecule has 1 aliphatic heterocycles. The molecular weight excluding hydrogens is 466 g/mol. The maximum Gasteiger partial charge on any atom is 0.387 e. The summed E-state index contributed by atoms with van der Waals surface area (Å²) < 4.78 is 33.2. The third-order valence-corrected chi connectivity index (χ3v) is 7.27. The Hall–Kier alpha value is -3.92. The number of benzene rings is 2. The number of amides is 1. The summed E-state index contributed by atoms with van der Waals surface area (Å²) in [6.07, 6.45) is 7.57. The van der Waals surface area contributed by atoms with Gasteiger partial charge in [0.2, 0.25) is 5.91 Å². The molecule has 36 heavy (non-hydrogen) atoms. The fraction of sp³-hybridized carbons (Fsp3) is 0.308. The third kappa shape index (κ3) is 3.60. The zero-order valence-corrected chi connectivity index (χ0v) is 19.3. The van der Waals surface area contributed by atoms with Crippen molar-refractivity contribution in [3.05, 3.63) is 71.6 Å². The monoisotopic (exact) mass is 490 g/mol. The van der Waals surface area contributed by atoms with E-state index in [1.807, 2.05) is 22.8 Å². The van der Waals surface area contributed by atoms with Gasteiger partial charge >= 0.3 is 6.61 Å². The van der Waals surface area contributed by atoms with E-state index in [1.54, 1.807) is 12.4 Å². The van der Waals surface area contributed by atoms with Crippen molar-refractivity contribution in [1.29, 1.82) is 0 Å². The van der Waals surface area contributed by atoms with Gasteiger partial charge in [0.15, 0.2) is 0 Å². The van der Waals surface area contributed by atoms with Crippen LogP contribution in [-0.2, 0) is 12.0 Å². The van der Waals surface area contributed by atoms with Crippen LogP contribution in [0.1, 0.15) is 59.3 Å². The number of imidazole rings is 1. The van der Waals surface area contributed by atoms with Crippen LogP contribution in [0.4, 0.5) is 8.78 Å². The van der Waals surface area contributed by atoms with Crippen molar-refractivity contribution in [3.8, 4) is 16.9 Å². The molecule has 2 aromatic carbocycles. The molecule has 2 aromatic heterocycles. The summed E-state index contributed by atoms with van der Waals surface area (Å²) in [5, 5.41) is 0. The summed E-state index contributed by atoms with van der Waals surface area (Å²) in [5.41, 5.74) is 15.3. The van der Waals surface area contributed by atoms with E-state index in [0.29, 0.717) is 24.2 Å². The first-order valence-corrected chi connectivity index (χ1v) is 11.8. The number of hydrogen-bond acceptors (Lipinski definition) is 6. The van der Waals surface area contributed by atoms with Gasteiger partial charge in [-0.15, -0.1) is 0 Å². The molecular formula is C26H24F2N6O2. The number of rotatable bonds is 6. The van der Waals surface area contributed by atoms with E-state index in [9.17, 15) is 13.6 Å². The Labute approximate surface area is 205 Å². The van der Waals surface area contributed by atoms with E-state index in [-0.39, 0.29) is 11.3 Å². The second kappa shape index (κ2) is 8.34. The summed E-state index contributed by atoms with van der Waals surface area (Å²) in [6.45, 7) is -3.03. The third-order valence-electron chi connectivity index (χ3n) is 7.27. The lowest BCUT2D eigenvalue weighted by Gasteiger charge is -2.36. The zero-order valence-electron chi connectivity index (χ0n) is 19.3. The number of ether oxygens (including phenoxy) is 1. The van der Waals surface area contributed by atoms with Crippen LogP contribution in [0.2, 0.25) is 0 Å². The van der Waals surface area contributed by atoms with Gasteiger partial charge in [0.1, 0.15) is 17.4 Å². The fourth-order valence-corrected chi connectivity index (χ4v) is 5.33. The summed E-state index contributed by atoms with van der Waals surface area (Å²) in [6, 6.07) is 9.85. The van der Waals surface area contributed by atoms with Crippen LogP contribution in [0, 0.1) is 0 Å². The minimum Gasteiger partial charge on any atom is -0.434 e. The SMILES string of the molecule is NC(=O)c1cccc(OC(F)F)c1[C@H]1CCc2nc3ccc(-c4cnc(C5(N)CCC5)nc4)cc3n21. The topological polar surface area (TPSA) is 122 Å². The molecule has 1 aliphatic carbocycles. The van der Waals surface area contributed by atoms with Crippen molar-refractivity contribution < 1.29 is 18.3 Å². The van der Waals surface area contributed by atoms with E-state index in [2.05, 4.69) is 9.97 Å². The number of nitrogens with zero attached hydrogens (tertiary/aromatic N) is 4. The maximum atomic E-state index is 13.2. The lowest BCUT2D eigenvalue weighted by atomic mass is 9.77. The molecule has 0 unspecified atom stereocenters. The van der Waals surface area contributed by atoms with Crippen LogP contribution in [-0.4, -0.2) is 32.0 Å². The molecule has 2 aliphatic rings. The molecule has 6 rings (SSSR count). The highest BCUT2D eigenvalue weighted by atomic mass is 19.3. The molecule has 1 atom stereocenters. The normalized spacial score (nSPS) is 18.3. The largest absolute Gasteiger partial charge is 0.434 e. The lowest BCUT2D eigenvalue weighted by Crippen LogP contribution is -2.44. The molecule has 4 aromatic rings. The van der Waals surface area contributed by atoms with Gasteiger partial charge in [-0.1, -0.05) is 12.1 Å². The van der Waals surface area contributed by atoms with Crippen LogP contribution >= 0.6 is 0 Å². The van der Waals surface area contributed by atoms with Gasteiger partial charge < -0.3 is 20.8 Å². The Balaban J connectivity index is 1.44. The Kier molecular flexibility index (Phi) is 5.22. The standard InChI is InChI=1S/C26H24F2N6O2/c27-25(28)36-20-4-1-3-16(23(29)35)22(20)18-7-8-21-33-17-6-5-14(11-19(17)34(18)21)15-12-31-24(32-13-15)26(30)9-2-10-26/h1,3-6,11-13,18,25H,2,7-10,30H2,(H2,29,35)/t18-/m1/s1. The Bertz CT molecular complexity index is 1480. The molecule has 1 amide bonds. The maximum absolute atomic E-state index is 13.2. The van der Waals surface area contributed by atoms with E-state index < -0.39 is 24.1 Å². The minimum atomic E-state index is -3.03. The van der Waals surface area contributed by atoms with Gasteiger partial charge in [-0.05, 0) is 55.5 Å². The van der Waals surface area contributed by atoms with E-state index in [4.69, 9.17) is 21.2 Å². The minimum absolute atomic E-state index is 0.0622. The van der Waals surface area contributed by atoms with Gasteiger partial charge in [-0.25, -0.2) is 15.0 Å². The van der Waals surface area contributed by atoms with Crippen LogP contribution in [0.15, 0.2) is 48.8 Å². The van der Waals surface area contributed by atoms with Gasteiger partial charge in [0, 0.05) is 35.5 Å². The molecule has 4 N–H and O–H groups in total. The molecule has 8 nitrogen and oxygen atoms in total. The predicted molar refractivity (Wildman–Crippen MR) is 129 cm³/mol. The summed E-state index contributed by atoms with van der Waals surface area (Å²) in [4.78, 5) is 26.0. The van der Waals surface area contributed by atoms with Crippen LogP contribution in [0.25, 0.3) is 22.2 Å². The summed E-state index contributed by atoms with van der Waals surface area (Å²) in [7, 11) is 0. The predicted octanol–water partition coefficient (Wildman–Crippen LogP) is 4.07. The molecule has 10 heteroatoms. The van der Waals surface area contributed by atoms with Gasteiger partial charge in [0.05, 0.1) is 22.6 Å². The van der Waals surface area contributed by atoms with Gasteiger partial charge in [0.25, 0.3) is 0 Å². The van der Waals surface area contributed by atoms with Crippen molar-refractivity contribution in [2.45, 2.75) is 50.3 Å².